The maximum Gasteiger partial charge on any atom is 0.180 e. The molecule has 18 heavy (non-hydrogen) atoms. The van der Waals surface area contributed by atoms with Crippen molar-refractivity contribution in [3.05, 3.63) is 44.6 Å². The molecule has 0 bridgehead atoms. The first-order valence-electron chi connectivity index (χ1n) is 5.78. The number of hydrogen-bond acceptors (Lipinski definition) is 3. The summed E-state index contributed by atoms with van der Waals surface area (Å²) in [5, 5.41) is 0.603. The van der Waals surface area contributed by atoms with Gasteiger partial charge in [0.25, 0.3) is 0 Å². The molecule has 0 saturated heterocycles. The summed E-state index contributed by atoms with van der Waals surface area (Å²) < 4.78 is 13.8. The fourth-order valence-corrected chi connectivity index (χ4v) is 3.20. The molecule has 0 aliphatic heterocycles. The Kier molecular flexibility index (Phi) is 4.35. The molecular formula is C13H14BrFN2S. The summed E-state index contributed by atoms with van der Waals surface area (Å²) in [6, 6.07) is 4.76. The number of benzene rings is 1. The Labute approximate surface area is 118 Å². The third-order valence-electron chi connectivity index (χ3n) is 2.65. The average Bonchev–Trinajstić information content (AvgIpc) is 2.64. The lowest BCUT2D eigenvalue weighted by atomic mass is 10.1. The Morgan fingerprint density at radius 2 is 2.22 bits per heavy atom. The van der Waals surface area contributed by atoms with E-state index in [0.717, 1.165) is 35.0 Å². The van der Waals surface area contributed by atoms with E-state index in [-0.39, 0.29) is 5.82 Å². The van der Waals surface area contributed by atoms with E-state index in [1.165, 1.54) is 28.3 Å². The minimum absolute atomic E-state index is 0.233. The van der Waals surface area contributed by atoms with E-state index in [9.17, 15) is 4.39 Å². The molecule has 1 aromatic heterocycles. The van der Waals surface area contributed by atoms with Crippen molar-refractivity contribution >= 4 is 32.4 Å². The zero-order chi connectivity index (χ0) is 13.1. The fourth-order valence-electron chi connectivity index (χ4n) is 1.81. The Morgan fingerprint density at radius 3 is 2.89 bits per heavy atom. The predicted molar refractivity (Wildman–Crippen MR) is 77.4 cm³/mol. The smallest absolute Gasteiger partial charge is 0.180 e. The van der Waals surface area contributed by atoms with Crippen molar-refractivity contribution in [2.24, 2.45) is 0 Å². The molecule has 0 unspecified atom stereocenters. The second-order valence-corrected chi connectivity index (χ2v) is 6.05. The molecule has 0 aliphatic rings. The maximum atomic E-state index is 13.0. The van der Waals surface area contributed by atoms with Crippen LogP contribution in [-0.4, -0.2) is 4.98 Å². The zero-order valence-electron chi connectivity index (χ0n) is 10.0. The van der Waals surface area contributed by atoms with Crippen LogP contribution in [0.2, 0.25) is 0 Å². The van der Waals surface area contributed by atoms with Gasteiger partial charge >= 0.3 is 0 Å². The van der Waals surface area contributed by atoms with Gasteiger partial charge in [-0.2, -0.15) is 0 Å². The molecule has 96 valence electrons. The van der Waals surface area contributed by atoms with Crippen molar-refractivity contribution in [3.63, 3.8) is 0 Å². The maximum absolute atomic E-state index is 13.0. The monoisotopic (exact) mass is 328 g/mol. The molecule has 0 spiro atoms. The van der Waals surface area contributed by atoms with Crippen LogP contribution in [0.25, 0.3) is 0 Å². The molecule has 1 aromatic carbocycles. The number of hydrogen-bond donors (Lipinski definition) is 1. The molecule has 2 rings (SSSR count). The van der Waals surface area contributed by atoms with E-state index >= 15 is 0 Å². The first kappa shape index (κ1) is 13.5. The topological polar surface area (TPSA) is 38.9 Å². The van der Waals surface area contributed by atoms with Crippen LogP contribution >= 0.6 is 27.3 Å². The number of nitrogens with two attached hydrogens (primary N) is 1. The van der Waals surface area contributed by atoms with Crippen LogP contribution in [0.3, 0.4) is 0 Å². The van der Waals surface area contributed by atoms with E-state index in [1.54, 1.807) is 6.07 Å². The molecule has 0 saturated carbocycles. The lowest BCUT2D eigenvalue weighted by Gasteiger charge is -2.04. The Hall–Kier alpha value is -0.940. The van der Waals surface area contributed by atoms with Crippen LogP contribution < -0.4 is 5.73 Å². The van der Waals surface area contributed by atoms with E-state index in [0.29, 0.717) is 5.13 Å². The first-order valence-corrected chi connectivity index (χ1v) is 7.39. The minimum Gasteiger partial charge on any atom is -0.375 e. The molecular weight excluding hydrogens is 315 g/mol. The predicted octanol–water partition coefficient (Wildman–Crippen LogP) is 4.17. The van der Waals surface area contributed by atoms with Gasteiger partial charge in [-0.25, -0.2) is 9.37 Å². The van der Waals surface area contributed by atoms with Crippen LogP contribution in [0, 0.1) is 5.82 Å². The first-order chi connectivity index (χ1) is 8.60. The van der Waals surface area contributed by atoms with Gasteiger partial charge in [0, 0.05) is 15.8 Å². The molecule has 0 amide bonds. The number of aromatic nitrogens is 1. The Morgan fingerprint density at radius 1 is 1.44 bits per heavy atom. The molecule has 1 heterocycles. The number of anilines is 1. The highest BCUT2D eigenvalue weighted by atomic mass is 79.9. The van der Waals surface area contributed by atoms with Gasteiger partial charge in [-0.15, -0.1) is 11.3 Å². The number of nitrogens with zero attached hydrogens (tertiary/aromatic N) is 1. The standard InChI is InChI=1S/C13H14BrFN2S/c1-2-3-11-12(18-13(16)17-11)6-8-4-5-9(15)7-10(8)14/h4-5,7H,2-3,6H2,1H3,(H2,16,17). The second-order valence-electron chi connectivity index (χ2n) is 4.08. The molecule has 2 N–H and O–H groups in total. The van der Waals surface area contributed by atoms with Crippen molar-refractivity contribution in [1.82, 2.24) is 4.98 Å². The van der Waals surface area contributed by atoms with Crippen LogP contribution in [0.15, 0.2) is 22.7 Å². The molecule has 2 aromatic rings. The summed E-state index contributed by atoms with van der Waals surface area (Å²) in [6.07, 6.45) is 2.72. The molecule has 0 fully saturated rings. The number of halogens is 2. The third-order valence-corrected chi connectivity index (χ3v) is 4.31. The van der Waals surface area contributed by atoms with Crippen LogP contribution in [0.5, 0.6) is 0 Å². The Balaban J connectivity index is 2.27. The van der Waals surface area contributed by atoms with Gasteiger partial charge in [0.05, 0.1) is 5.69 Å². The fraction of sp³-hybridized carbons (Fsp3) is 0.308. The normalized spacial score (nSPS) is 10.8. The summed E-state index contributed by atoms with van der Waals surface area (Å²) in [4.78, 5) is 5.52. The molecule has 0 radical (unpaired) electrons. The van der Waals surface area contributed by atoms with Gasteiger partial charge in [0.2, 0.25) is 0 Å². The van der Waals surface area contributed by atoms with Crippen molar-refractivity contribution < 1.29 is 4.39 Å². The van der Waals surface area contributed by atoms with Gasteiger partial charge in [-0.1, -0.05) is 35.3 Å². The van der Waals surface area contributed by atoms with Crippen LogP contribution in [0.4, 0.5) is 9.52 Å². The molecule has 2 nitrogen and oxygen atoms in total. The van der Waals surface area contributed by atoms with Gasteiger partial charge in [-0.05, 0) is 24.1 Å². The van der Waals surface area contributed by atoms with Crippen LogP contribution in [0.1, 0.15) is 29.5 Å². The van der Waals surface area contributed by atoms with Crippen molar-refractivity contribution in [2.45, 2.75) is 26.2 Å². The Bertz CT molecular complexity index is 554. The van der Waals surface area contributed by atoms with E-state index < -0.39 is 0 Å². The second kappa shape index (κ2) is 5.80. The summed E-state index contributed by atoms with van der Waals surface area (Å²) in [5.74, 6) is -0.233. The quantitative estimate of drug-likeness (QED) is 0.914. The average molecular weight is 329 g/mol. The minimum atomic E-state index is -0.233. The highest BCUT2D eigenvalue weighted by Crippen LogP contribution is 2.28. The number of rotatable bonds is 4. The summed E-state index contributed by atoms with van der Waals surface area (Å²) in [5.41, 5.74) is 7.88. The number of nitrogen functional groups attached to an aromatic ring is 1. The van der Waals surface area contributed by atoms with E-state index in [4.69, 9.17) is 5.73 Å². The van der Waals surface area contributed by atoms with Gasteiger partial charge in [0.1, 0.15) is 5.82 Å². The SMILES string of the molecule is CCCc1nc(N)sc1Cc1ccc(F)cc1Br. The van der Waals surface area contributed by atoms with Crippen molar-refractivity contribution in [3.8, 4) is 0 Å². The zero-order valence-corrected chi connectivity index (χ0v) is 12.4. The van der Waals surface area contributed by atoms with Crippen molar-refractivity contribution in [1.29, 1.82) is 0 Å². The van der Waals surface area contributed by atoms with Gasteiger partial charge in [0.15, 0.2) is 5.13 Å². The number of aryl methyl sites for hydroxylation is 1. The summed E-state index contributed by atoms with van der Waals surface area (Å²) in [6.45, 7) is 2.12. The summed E-state index contributed by atoms with van der Waals surface area (Å²) >= 11 is 4.90. The third kappa shape index (κ3) is 3.09. The largest absolute Gasteiger partial charge is 0.375 e. The number of thiazole rings is 1. The molecule has 0 aliphatic carbocycles. The van der Waals surface area contributed by atoms with Crippen molar-refractivity contribution in [2.75, 3.05) is 5.73 Å². The van der Waals surface area contributed by atoms with Gasteiger partial charge < -0.3 is 5.73 Å². The van der Waals surface area contributed by atoms with E-state index in [1.807, 2.05) is 0 Å². The highest BCUT2D eigenvalue weighted by Gasteiger charge is 2.11. The van der Waals surface area contributed by atoms with E-state index in [2.05, 4.69) is 27.8 Å². The molecule has 0 atom stereocenters. The lowest BCUT2D eigenvalue weighted by molar-refractivity contribution is 0.626. The van der Waals surface area contributed by atoms with Crippen LogP contribution in [-0.2, 0) is 12.8 Å². The summed E-state index contributed by atoms with van der Waals surface area (Å²) in [7, 11) is 0. The van der Waals surface area contributed by atoms with Gasteiger partial charge in [-0.3, -0.25) is 0 Å². The lowest BCUT2D eigenvalue weighted by Crippen LogP contribution is -1.94. The molecule has 5 heteroatoms. The highest BCUT2D eigenvalue weighted by molar-refractivity contribution is 9.10.